The highest BCUT2D eigenvalue weighted by Crippen LogP contribution is 2.14. The number of carbonyl (C=O) groups is 1. The quantitative estimate of drug-likeness (QED) is 0.691. The number of ketones is 1. The Hall–Kier alpha value is -2.11. The molecule has 0 aliphatic rings. The summed E-state index contributed by atoms with van der Waals surface area (Å²) in [5.41, 5.74) is 14.6. The van der Waals surface area contributed by atoms with Gasteiger partial charge in [0.1, 0.15) is 18.1 Å². The fourth-order valence-corrected chi connectivity index (χ4v) is 1.35. The minimum atomic E-state index is -0.776. The molecule has 0 atom stereocenters. The number of nitrogens with one attached hydrogen (secondary N) is 2. The molecule has 1 aromatic carbocycles. The van der Waals surface area contributed by atoms with Crippen molar-refractivity contribution >= 4 is 5.78 Å². The molecule has 6 nitrogen and oxygen atoms in total. The number of hydrogen-bond acceptors (Lipinski definition) is 6. The first-order chi connectivity index (χ1) is 8.65. The molecular formula is C12H16N4O2. The molecule has 0 amide bonds. The molecule has 2 N–H and O–H groups in total. The van der Waals surface area contributed by atoms with Crippen LogP contribution in [0.1, 0.15) is 18.9 Å². The van der Waals surface area contributed by atoms with Gasteiger partial charge in [-0.3, -0.25) is 0 Å². The predicted molar refractivity (Wildman–Crippen MR) is 65.0 cm³/mol. The first-order valence-electron chi connectivity index (χ1n) is 5.60. The van der Waals surface area contributed by atoms with Gasteiger partial charge in [-0.1, -0.05) is 12.1 Å². The van der Waals surface area contributed by atoms with Crippen molar-refractivity contribution in [3.63, 3.8) is 0 Å². The van der Waals surface area contributed by atoms with Gasteiger partial charge < -0.3 is 9.53 Å². The number of carbonyl (C=O) groups excluding carboxylic acids is 1. The van der Waals surface area contributed by atoms with Crippen LogP contribution in [0.2, 0.25) is 0 Å². The van der Waals surface area contributed by atoms with Gasteiger partial charge in [0.05, 0.1) is 0 Å². The van der Waals surface area contributed by atoms with Crippen LogP contribution in [0.15, 0.2) is 34.5 Å². The lowest BCUT2D eigenvalue weighted by Crippen LogP contribution is -2.11. The second kappa shape index (κ2) is 7.26. The summed E-state index contributed by atoms with van der Waals surface area (Å²) in [5, 5.41) is 6.24. The summed E-state index contributed by atoms with van der Waals surface area (Å²) in [6, 6.07) is 7.37. The fraction of sp³-hybridized carbons (Fsp3) is 0.417. The lowest BCUT2D eigenvalue weighted by atomic mass is 10.1. The van der Waals surface area contributed by atoms with Gasteiger partial charge in [-0.2, -0.15) is 10.2 Å². The third-order valence-electron chi connectivity index (χ3n) is 2.39. The van der Waals surface area contributed by atoms with Gasteiger partial charge >= 0.3 is 0 Å². The Morgan fingerprint density at radius 3 is 2.39 bits per heavy atom. The summed E-state index contributed by atoms with van der Waals surface area (Å²) in [6.45, 7) is 1.66. The summed E-state index contributed by atoms with van der Waals surface area (Å²) in [7, 11) is 0. The van der Waals surface area contributed by atoms with Crippen molar-refractivity contribution in [3.05, 3.63) is 29.8 Å². The molecule has 0 fully saturated rings. The van der Waals surface area contributed by atoms with Gasteiger partial charge in [0.15, 0.2) is 0 Å². The number of rotatable bonds is 8. The smallest absolute Gasteiger partial charge is 0.213 e. The van der Waals surface area contributed by atoms with Crippen LogP contribution in [-0.2, 0) is 11.2 Å². The molecule has 0 saturated heterocycles. The van der Waals surface area contributed by atoms with Gasteiger partial charge in [-0.05, 0) is 31.0 Å². The highest BCUT2D eigenvalue weighted by molar-refractivity contribution is 5.75. The van der Waals surface area contributed by atoms with Crippen molar-refractivity contribution in [2.45, 2.75) is 25.9 Å². The van der Waals surface area contributed by atoms with Crippen molar-refractivity contribution in [1.29, 1.82) is 11.1 Å². The minimum absolute atomic E-state index is 0.0831. The molecule has 0 spiro atoms. The minimum Gasteiger partial charge on any atom is -0.489 e. The average Bonchev–Trinajstić information content (AvgIpc) is 2.39. The van der Waals surface area contributed by atoms with E-state index in [1.54, 1.807) is 19.1 Å². The van der Waals surface area contributed by atoms with E-state index in [9.17, 15) is 4.79 Å². The second-order valence-corrected chi connectivity index (χ2v) is 3.90. The van der Waals surface area contributed by atoms with Crippen molar-refractivity contribution in [1.82, 2.24) is 0 Å². The van der Waals surface area contributed by atoms with Crippen molar-refractivity contribution in [2.75, 3.05) is 6.61 Å². The van der Waals surface area contributed by atoms with Gasteiger partial charge in [-0.15, -0.1) is 0 Å². The molecule has 0 unspecified atom stereocenters. The van der Waals surface area contributed by atoms with Crippen LogP contribution in [-0.4, -0.2) is 18.6 Å². The molecule has 6 heteroatoms. The van der Waals surface area contributed by atoms with Crippen LogP contribution in [0.5, 0.6) is 5.75 Å². The maximum Gasteiger partial charge on any atom is 0.213 e. The highest BCUT2D eigenvalue weighted by atomic mass is 16.5. The molecule has 1 aromatic rings. The molecular weight excluding hydrogens is 232 g/mol. The lowest BCUT2D eigenvalue weighted by molar-refractivity contribution is -0.116. The highest BCUT2D eigenvalue weighted by Gasteiger charge is 2.05. The number of ether oxygens (including phenoxy) is 1. The Kier molecular flexibility index (Phi) is 5.63. The van der Waals surface area contributed by atoms with E-state index >= 15 is 0 Å². The van der Waals surface area contributed by atoms with Crippen LogP contribution in [0.25, 0.3) is 0 Å². The third kappa shape index (κ3) is 4.82. The van der Waals surface area contributed by atoms with Crippen molar-refractivity contribution in [2.24, 2.45) is 10.2 Å². The maximum atomic E-state index is 10.8. The largest absolute Gasteiger partial charge is 0.489 e. The Morgan fingerprint density at radius 2 is 1.89 bits per heavy atom. The maximum absolute atomic E-state index is 10.8. The van der Waals surface area contributed by atoms with Gasteiger partial charge in [0.25, 0.3) is 0 Å². The van der Waals surface area contributed by atoms with Gasteiger partial charge in [0, 0.05) is 6.42 Å². The molecule has 0 radical (unpaired) electrons. The summed E-state index contributed by atoms with van der Waals surface area (Å²) < 4.78 is 5.34. The summed E-state index contributed by atoms with van der Waals surface area (Å²) in [4.78, 5) is 10.8. The normalized spacial score (nSPS) is 11.6. The van der Waals surface area contributed by atoms with E-state index < -0.39 is 6.17 Å². The molecule has 0 aliphatic heterocycles. The standard InChI is InChI=1S/C12H16N4O2/c1-9(17)2-3-10-4-6-11(7-5-10)18-8-12(15-13)16-14/h4-7,12-14H,2-3,8H2,1H3. The molecule has 0 aliphatic carbocycles. The van der Waals surface area contributed by atoms with E-state index in [1.165, 1.54) is 0 Å². The number of aryl methyl sites for hydroxylation is 1. The summed E-state index contributed by atoms with van der Waals surface area (Å²) >= 11 is 0. The third-order valence-corrected chi connectivity index (χ3v) is 2.39. The zero-order valence-electron chi connectivity index (χ0n) is 10.2. The van der Waals surface area contributed by atoms with E-state index in [2.05, 4.69) is 10.2 Å². The molecule has 1 rings (SSSR count). The van der Waals surface area contributed by atoms with Gasteiger partial charge in [-0.25, -0.2) is 11.1 Å². The zero-order valence-corrected chi connectivity index (χ0v) is 10.2. The molecule has 0 saturated carbocycles. The van der Waals surface area contributed by atoms with E-state index in [-0.39, 0.29) is 12.4 Å². The number of benzene rings is 1. The van der Waals surface area contributed by atoms with Crippen LogP contribution in [0.3, 0.4) is 0 Å². The van der Waals surface area contributed by atoms with Crippen LogP contribution < -0.4 is 4.74 Å². The van der Waals surface area contributed by atoms with Crippen LogP contribution >= 0.6 is 0 Å². The van der Waals surface area contributed by atoms with Gasteiger partial charge in [0.2, 0.25) is 6.17 Å². The van der Waals surface area contributed by atoms with Crippen LogP contribution in [0, 0.1) is 11.1 Å². The molecule has 0 bridgehead atoms. The second-order valence-electron chi connectivity index (χ2n) is 3.90. The zero-order chi connectivity index (χ0) is 13.4. The Bertz CT molecular complexity index is 409. The Balaban J connectivity index is 2.47. The first kappa shape index (κ1) is 14.0. The van der Waals surface area contributed by atoms with E-state index in [0.717, 1.165) is 12.0 Å². The monoisotopic (exact) mass is 248 g/mol. The summed E-state index contributed by atoms with van der Waals surface area (Å²) in [5.74, 6) is 0.811. The molecule has 0 aromatic heterocycles. The number of hydrogen-bond donors (Lipinski definition) is 2. The van der Waals surface area contributed by atoms with Crippen molar-refractivity contribution < 1.29 is 9.53 Å². The SMILES string of the molecule is CC(=O)CCc1ccc(OCC(N=N)N=N)cc1. The average molecular weight is 248 g/mol. The molecule has 0 heterocycles. The topological polar surface area (TPSA) is 98.7 Å². The van der Waals surface area contributed by atoms with Crippen LogP contribution in [0.4, 0.5) is 0 Å². The van der Waals surface area contributed by atoms with E-state index in [1.807, 2.05) is 12.1 Å². The predicted octanol–water partition coefficient (Wildman–Crippen LogP) is 2.98. The number of nitrogens with zero attached hydrogens (tertiary/aromatic N) is 2. The number of Topliss-reactive ketones (excluding diaryl/α,β-unsaturated/α-hetero) is 1. The molecule has 18 heavy (non-hydrogen) atoms. The Labute approximate surface area is 105 Å². The fourth-order valence-electron chi connectivity index (χ4n) is 1.35. The summed E-state index contributed by atoms with van der Waals surface area (Å²) in [6.07, 6.45) is 0.488. The lowest BCUT2D eigenvalue weighted by Gasteiger charge is -2.08. The molecule has 96 valence electrons. The van der Waals surface area contributed by atoms with E-state index in [0.29, 0.717) is 12.2 Å². The first-order valence-corrected chi connectivity index (χ1v) is 5.60. The van der Waals surface area contributed by atoms with E-state index in [4.69, 9.17) is 15.8 Å². The Morgan fingerprint density at radius 1 is 1.28 bits per heavy atom. The van der Waals surface area contributed by atoms with Crippen molar-refractivity contribution in [3.8, 4) is 5.75 Å².